The van der Waals surface area contributed by atoms with Crippen LogP contribution in [0, 0.1) is 0 Å². The highest BCUT2D eigenvalue weighted by atomic mass is 16.5. The van der Waals surface area contributed by atoms with Crippen LogP contribution < -0.4 is 9.64 Å². The second kappa shape index (κ2) is 6.69. The number of nitrogens with zero attached hydrogens (tertiary/aromatic N) is 2. The molecule has 1 amide bonds. The van der Waals surface area contributed by atoms with Gasteiger partial charge in [0.05, 0.1) is 7.11 Å². The maximum atomic E-state index is 11.3. The van der Waals surface area contributed by atoms with E-state index in [0.29, 0.717) is 6.54 Å². The number of likely N-dealkylation sites (N-methyl/N-ethyl adjacent to an activating group) is 2. The number of methoxy groups -OCH3 is 1. The highest BCUT2D eigenvalue weighted by molar-refractivity contribution is 5.86. The van der Waals surface area contributed by atoms with E-state index >= 15 is 0 Å². The van der Waals surface area contributed by atoms with Crippen molar-refractivity contribution in [3.8, 4) is 5.75 Å². The van der Waals surface area contributed by atoms with E-state index < -0.39 is 0 Å². The van der Waals surface area contributed by atoms with E-state index in [4.69, 9.17) is 4.74 Å². The molecule has 0 fully saturated rings. The first-order chi connectivity index (χ1) is 8.58. The largest absolute Gasteiger partial charge is 0.497 e. The van der Waals surface area contributed by atoms with Crippen molar-refractivity contribution >= 4 is 11.6 Å². The molecule has 1 rings (SSSR count). The molecule has 1 aromatic carbocycles. The summed E-state index contributed by atoms with van der Waals surface area (Å²) < 4.78 is 5.11. The molecule has 1 aromatic rings. The predicted octanol–water partition coefficient (Wildman–Crippen LogP) is 1.78. The standard InChI is InChI=1S/C14H20N2O2/c1-5-14(17)16(3)11-10-15(2)12-6-8-13(18-4)9-7-12/h5-9H,1,10-11H2,2-4H3. The lowest BCUT2D eigenvalue weighted by Crippen LogP contribution is -2.33. The number of benzene rings is 1. The molecular formula is C14H20N2O2. The first kappa shape index (κ1) is 14.1. The van der Waals surface area contributed by atoms with E-state index in [1.54, 1.807) is 19.1 Å². The van der Waals surface area contributed by atoms with Gasteiger partial charge in [0.1, 0.15) is 5.75 Å². The van der Waals surface area contributed by atoms with Crippen molar-refractivity contribution in [2.24, 2.45) is 0 Å². The van der Waals surface area contributed by atoms with Gasteiger partial charge >= 0.3 is 0 Å². The Kier molecular flexibility index (Phi) is 5.24. The summed E-state index contributed by atoms with van der Waals surface area (Å²) in [6.07, 6.45) is 1.33. The number of ether oxygens (including phenoxy) is 1. The van der Waals surface area contributed by atoms with Crippen LogP contribution in [0.25, 0.3) is 0 Å². The van der Waals surface area contributed by atoms with Crippen LogP contribution in [0.5, 0.6) is 5.75 Å². The van der Waals surface area contributed by atoms with Crippen LogP contribution in [-0.4, -0.2) is 45.1 Å². The van der Waals surface area contributed by atoms with Crippen LogP contribution >= 0.6 is 0 Å². The van der Waals surface area contributed by atoms with Crippen molar-refractivity contribution in [3.05, 3.63) is 36.9 Å². The fraction of sp³-hybridized carbons (Fsp3) is 0.357. The molecule has 0 bridgehead atoms. The highest BCUT2D eigenvalue weighted by Gasteiger charge is 2.06. The van der Waals surface area contributed by atoms with Gasteiger partial charge in [-0.1, -0.05) is 6.58 Å². The second-order valence-electron chi connectivity index (χ2n) is 4.08. The Morgan fingerprint density at radius 2 is 1.89 bits per heavy atom. The molecule has 0 atom stereocenters. The summed E-state index contributed by atoms with van der Waals surface area (Å²) in [6.45, 7) is 4.89. The van der Waals surface area contributed by atoms with Crippen LogP contribution in [0.1, 0.15) is 0 Å². The number of rotatable bonds is 6. The molecule has 0 aliphatic heterocycles. The molecule has 4 heteroatoms. The molecule has 0 aliphatic carbocycles. The summed E-state index contributed by atoms with van der Waals surface area (Å²) in [4.78, 5) is 15.1. The zero-order valence-corrected chi connectivity index (χ0v) is 11.2. The molecule has 0 aromatic heterocycles. The Bertz CT molecular complexity index is 401. The molecule has 4 nitrogen and oxygen atoms in total. The average molecular weight is 248 g/mol. The average Bonchev–Trinajstić information content (AvgIpc) is 2.43. The Morgan fingerprint density at radius 1 is 1.28 bits per heavy atom. The van der Waals surface area contributed by atoms with Crippen LogP contribution in [0.3, 0.4) is 0 Å². The molecule has 0 saturated heterocycles. The van der Waals surface area contributed by atoms with Gasteiger partial charge in [-0.05, 0) is 30.3 Å². The van der Waals surface area contributed by atoms with Gasteiger partial charge in [-0.3, -0.25) is 4.79 Å². The van der Waals surface area contributed by atoms with Crippen molar-refractivity contribution in [1.29, 1.82) is 0 Å². The minimum Gasteiger partial charge on any atom is -0.497 e. The fourth-order valence-electron chi connectivity index (χ4n) is 1.53. The molecule has 0 N–H and O–H groups in total. The summed E-state index contributed by atoms with van der Waals surface area (Å²) in [5, 5.41) is 0. The number of hydrogen-bond acceptors (Lipinski definition) is 3. The molecule has 0 heterocycles. The number of amides is 1. The zero-order valence-electron chi connectivity index (χ0n) is 11.2. The molecule has 0 spiro atoms. The normalized spacial score (nSPS) is 9.72. The summed E-state index contributed by atoms with van der Waals surface area (Å²) in [5.74, 6) is 0.782. The maximum absolute atomic E-state index is 11.3. The quantitative estimate of drug-likeness (QED) is 0.719. The first-order valence-corrected chi connectivity index (χ1v) is 5.81. The molecule has 0 radical (unpaired) electrons. The summed E-state index contributed by atoms with van der Waals surface area (Å²) in [5.41, 5.74) is 1.09. The van der Waals surface area contributed by atoms with Gasteiger partial charge in [-0.2, -0.15) is 0 Å². The number of hydrogen-bond donors (Lipinski definition) is 0. The SMILES string of the molecule is C=CC(=O)N(C)CCN(C)c1ccc(OC)cc1. The van der Waals surface area contributed by atoms with Gasteiger partial charge in [-0.15, -0.1) is 0 Å². The number of carbonyl (C=O) groups excluding carboxylic acids is 1. The lowest BCUT2D eigenvalue weighted by atomic mass is 10.3. The van der Waals surface area contributed by atoms with Crippen LogP contribution in [0.4, 0.5) is 5.69 Å². The molecule has 0 aliphatic rings. The third-order valence-electron chi connectivity index (χ3n) is 2.83. The minimum absolute atomic E-state index is 0.0573. The number of anilines is 1. The molecule has 0 unspecified atom stereocenters. The van der Waals surface area contributed by atoms with E-state index in [1.165, 1.54) is 6.08 Å². The molecular weight excluding hydrogens is 228 g/mol. The second-order valence-corrected chi connectivity index (χ2v) is 4.08. The lowest BCUT2D eigenvalue weighted by Gasteiger charge is -2.23. The van der Waals surface area contributed by atoms with Gasteiger partial charge in [0.15, 0.2) is 0 Å². The Hall–Kier alpha value is -1.97. The van der Waals surface area contributed by atoms with E-state index in [9.17, 15) is 4.79 Å². The van der Waals surface area contributed by atoms with E-state index in [1.807, 2.05) is 31.3 Å². The van der Waals surface area contributed by atoms with E-state index in [2.05, 4.69) is 11.5 Å². The van der Waals surface area contributed by atoms with Crippen LogP contribution in [0.15, 0.2) is 36.9 Å². The van der Waals surface area contributed by atoms with Crippen molar-refractivity contribution in [3.63, 3.8) is 0 Å². The van der Waals surface area contributed by atoms with E-state index in [-0.39, 0.29) is 5.91 Å². The van der Waals surface area contributed by atoms with E-state index in [0.717, 1.165) is 18.0 Å². The predicted molar refractivity (Wildman–Crippen MR) is 74.1 cm³/mol. The fourth-order valence-corrected chi connectivity index (χ4v) is 1.53. The Morgan fingerprint density at radius 3 is 2.39 bits per heavy atom. The number of carbonyl (C=O) groups is 1. The van der Waals surface area contributed by atoms with Crippen molar-refractivity contribution in [2.45, 2.75) is 0 Å². The highest BCUT2D eigenvalue weighted by Crippen LogP contribution is 2.17. The first-order valence-electron chi connectivity index (χ1n) is 5.81. The minimum atomic E-state index is -0.0573. The van der Waals surface area contributed by atoms with Gasteiger partial charge in [-0.25, -0.2) is 0 Å². The summed E-state index contributed by atoms with van der Waals surface area (Å²) in [6, 6.07) is 7.83. The summed E-state index contributed by atoms with van der Waals surface area (Å²) >= 11 is 0. The lowest BCUT2D eigenvalue weighted by molar-refractivity contribution is -0.124. The third-order valence-corrected chi connectivity index (χ3v) is 2.83. The molecule has 98 valence electrons. The van der Waals surface area contributed by atoms with Gasteiger partial charge < -0.3 is 14.5 Å². The summed E-state index contributed by atoms with van der Waals surface area (Å²) in [7, 11) is 5.41. The van der Waals surface area contributed by atoms with Gasteiger partial charge in [0, 0.05) is 32.9 Å². The van der Waals surface area contributed by atoms with Crippen LogP contribution in [0.2, 0.25) is 0 Å². The van der Waals surface area contributed by atoms with Crippen LogP contribution in [-0.2, 0) is 4.79 Å². The Labute approximate surface area is 108 Å². The maximum Gasteiger partial charge on any atom is 0.245 e. The smallest absolute Gasteiger partial charge is 0.245 e. The topological polar surface area (TPSA) is 32.8 Å². The molecule has 0 saturated carbocycles. The third kappa shape index (κ3) is 3.80. The van der Waals surface area contributed by atoms with Crippen molar-refractivity contribution in [2.75, 3.05) is 39.2 Å². The van der Waals surface area contributed by atoms with Crippen molar-refractivity contribution < 1.29 is 9.53 Å². The van der Waals surface area contributed by atoms with Gasteiger partial charge in [0.25, 0.3) is 0 Å². The molecule has 18 heavy (non-hydrogen) atoms. The van der Waals surface area contributed by atoms with Gasteiger partial charge in [0.2, 0.25) is 5.91 Å². The van der Waals surface area contributed by atoms with Crippen molar-refractivity contribution in [1.82, 2.24) is 4.90 Å². The monoisotopic (exact) mass is 248 g/mol. The zero-order chi connectivity index (χ0) is 13.5. The Balaban J connectivity index is 2.51.